The first-order valence-corrected chi connectivity index (χ1v) is 2.06. The van der Waals surface area contributed by atoms with Crippen LogP contribution in [0.25, 0.3) is 0 Å². The number of hydrogen-bond acceptors (Lipinski definition) is 3. The summed E-state index contributed by atoms with van der Waals surface area (Å²) in [6.45, 7) is 0.145. The molecular weight excluding hydrogens is 108 g/mol. The maximum atomic E-state index is 9.80. The van der Waals surface area contributed by atoms with Gasteiger partial charge in [-0.25, -0.2) is 4.79 Å². The molecule has 0 saturated carbocycles. The number of nitrogens with two attached hydrogens (primary N) is 2. The molecule has 0 radical (unpaired) electrons. The van der Waals surface area contributed by atoms with Gasteiger partial charge in [-0.05, 0) is 12.3 Å². The van der Waals surface area contributed by atoms with Crippen LogP contribution in [-0.2, 0) is 4.74 Å². The third kappa shape index (κ3) is 4.81. The normalized spacial score (nSPS) is 9.50. The van der Waals surface area contributed by atoms with E-state index in [2.05, 4.69) is 10.5 Å². The second-order valence-electron chi connectivity index (χ2n) is 1.06. The average molecular weight is 116 g/mol. The van der Waals surface area contributed by atoms with Crippen molar-refractivity contribution in [2.24, 2.45) is 11.5 Å². The predicted octanol–water partition coefficient (Wildman–Crippen LogP) is -0.446. The largest absolute Gasteiger partial charge is 0.445 e. The van der Waals surface area contributed by atoms with Crippen LogP contribution >= 0.6 is 0 Å². The van der Waals surface area contributed by atoms with Crippen LogP contribution in [-0.4, -0.2) is 12.7 Å². The number of primary amides is 1. The Morgan fingerprint density at radius 3 is 2.75 bits per heavy atom. The molecule has 0 unspecified atom stereocenters. The molecule has 1 amide bonds. The predicted molar refractivity (Wildman–Crippen MR) is 28.9 cm³/mol. The Morgan fingerprint density at radius 2 is 2.38 bits per heavy atom. The van der Waals surface area contributed by atoms with E-state index < -0.39 is 6.09 Å². The summed E-state index contributed by atoms with van der Waals surface area (Å²) in [4.78, 5) is 9.80. The lowest BCUT2D eigenvalue weighted by molar-refractivity contribution is 0.169. The molecule has 0 spiro atoms. The maximum absolute atomic E-state index is 9.80. The van der Waals surface area contributed by atoms with E-state index in [0.717, 1.165) is 0 Å². The molecule has 0 fully saturated rings. The highest BCUT2D eigenvalue weighted by molar-refractivity contribution is 5.64. The molecule has 0 aliphatic rings. The number of amides is 1. The van der Waals surface area contributed by atoms with Crippen molar-refractivity contribution in [1.29, 1.82) is 0 Å². The molecule has 0 saturated heterocycles. The van der Waals surface area contributed by atoms with Crippen molar-refractivity contribution in [3.8, 4) is 0 Å². The Hall–Kier alpha value is -1.19. The Morgan fingerprint density at radius 1 is 1.75 bits per heavy atom. The van der Waals surface area contributed by atoms with E-state index >= 15 is 0 Å². The van der Waals surface area contributed by atoms with Gasteiger partial charge in [0, 0.05) is 0 Å². The van der Waals surface area contributed by atoms with Gasteiger partial charge in [-0.3, -0.25) is 0 Å². The molecule has 0 bridgehead atoms. The molecule has 4 nitrogen and oxygen atoms in total. The van der Waals surface area contributed by atoms with Gasteiger partial charge in [0.05, 0.1) is 0 Å². The molecule has 0 aromatic heterocycles. The topological polar surface area (TPSA) is 78.3 Å². The van der Waals surface area contributed by atoms with Crippen molar-refractivity contribution in [2.45, 2.75) is 0 Å². The molecule has 4 heteroatoms. The Labute approximate surface area is 47.1 Å². The Bertz CT molecular complexity index is 100. The van der Waals surface area contributed by atoms with Crippen LogP contribution in [0.1, 0.15) is 0 Å². The second kappa shape index (κ2) is 3.98. The smallest absolute Gasteiger partial charge is 0.404 e. The molecule has 4 N–H and O–H groups in total. The summed E-state index contributed by atoms with van der Waals surface area (Å²) < 4.78 is 4.25. The molecule has 46 valence electrons. The van der Waals surface area contributed by atoms with Crippen molar-refractivity contribution in [1.82, 2.24) is 0 Å². The highest BCUT2D eigenvalue weighted by Crippen LogP contribution is 1.72. The zero-order valence-electron chi connectivity index (χ0n) is 4.33. The molecule has 0 rings (SSSR count). The summed E-state index contributed by atoms with van der Waals surface area (Å²) in [5.41, 5.74) is 9.50. The van der Waals surface area contributed by atoms with Crippen molar-refractivity contribution >= 4 is 6.09 Å². The number of hydrogen-bond donors (Lipinski definition) is 2. The standard InChI is InChI=1S/C4H8N2O2/c5-2-1-3-8-4(6)7/h1-2H,3,5H2,(H2,6,7). The van der Waals surface area contributed by atoms with Gasteiger partial charge in [0.2, 0.25) is 0 Å². The Balaban J connectivity index is 3.05. The van der Waals surface area contributed by atoms with Crippen LogP contribution in [0.3, 0.4) is 0 Å². The molecule has 0 heterocycles. The van der Waals surface area contributed by atoms with E-state index in [1.807, 2.05) is 0 Å². The lowest BCUT2D eigenvalue weighted by Crippen LogP contribution is -2.12. The third-order valence-corrected chi connectivity index (χ3v) is 0.458. The molecular formula is C4H8N2O2. The fourth-order valence-electron chi connectivity index (χ4n) is 0.186. The molecule has 0 aliphatic carbocycles. The van der Waals surface area contributed by atoms with Crippen LogP contribution in [0, 0.1) is 0 Å². The molecule has 0 aliphatic heterocycles. The number of rotatable bonds is 2. The van der Waals surface area contributed by atoms with Crippen molar-refractivity contribution in [2.75, 3.05) is 6.61 Å². The average Bonchev–Trinajstić information content (AvgIpc) is 1.66. The zero-order chi connectivity index (χ0) is 6.41. The fourth-order valence-corrected chi connectivity index (χ4v) is 0.186. The third-order valence-electron chi connectivity index (χ3n) is 0.458. The zero-order valence-corrected chi connectivity index (χ0v) is 4.33. The first kappa shape index (κ1) is 6.81. The van der Waals surface area contributed by atoms with Crippen molar-refractivity contribution in [3.63, 3.8) is 0 Å². The van der Waals surface area contributed by atoms with Gasteiger partial charge in [0.25, 0.3) is 0 Å². The fraction of sp³-hybridized carbons (Fsp3) is 0.250. The van der Waals surface area contributed by atoms with E-state index in [9.17, 15) is 4.79 Å². The maximum Gasteiger partial charge on any atom is 0.404 e. The first-order valence-electron chi connectivity index (χ1n) is 2.06. The first-order chi connectivity index (χ1) is 3.77. The van der Waals surface area contributed by atoms with Gasteiger partial charge in [0.15, 0.2) is 0 Å². The van der Waals surface area contributed by atoms with Gasteiger partial charge in [-0.2, -0.15) is 0 Å². The summed E-state index contributed by atoms with van der Waals surface area (Å²) in [5.74, 6) is 0. The van der Waals surface area contributed by atoms with Gasteiger partial charge in [-0.15, -0.1) is 0 Å². The quantitative estimate of drug-likeness (QED) is 0.513. The van der Waals surface area contributed by atoms with E-state index in [-0.39, 0.29) is 6.61 Å². The summed E-state index contributed by atoms with van der Waals surface area (Å²) >= 11 is 0. The number of carbonyl (C=O) groups is 1. The molecule has 0 aromatic rings. The summed E-state index contributed by atoms with van der Waals surface area (Å²) in [7, 11) is 0. The van der Waals surface area contributed by atoms with Crippen molar-refractivity contribution in [3.05, 3.63) is 12.3 Å². The monoisotopic (exact) mass is 116 g/mol. The van der Waals surface area contributed by atoms with Gasteiger partial charge in [0.1, 0.15) is 6.61 Å². The highest BCUT2D eigenvalue weighted by atomic mass is 16.5. The minimum Gasteiger partial charge on any atom is -0.445 e. The van der Waals surface area contributed by atoms with Crippen LogP contribution in [0.5, 0.6) is 0 Å². The lowest BCUT2D eigenvalue weighted by Gasteiger charge is -1.91. The van der Waals surface area contributed by atoms with Gasteiger partial charge in [-0.1, -0.05) is 0 Å². The summed E-state index contributed by atoms with van der Waals surface area (Å²) in [6, 6.07) is 0. The molecule has 0 atom stereocenters. The summed E-state index contributed by atoms with van der Waals surface area (Å²) in [5, 5.41) is 0. The Kier molecular flexibility index (Phi) is 3.39. The number of ether oxygens (including phenoxy) is 1. The van der Waals surface area contributed by atoms with Crippen LogP contribution in [0.4, 0.5) is 4.79 Å². The second-order valence-corrected chi connectivity index (χ2v) is 1.06. The van der Waals surface area contributed by atoms with Gasteiger partial charge < -0.3 is 16.2 Å². The van der Waals surface area contributed by atoms with Crippen LogP contribution in [0.15, 0.2) is 12.3 Å². The SMILES string of the molecule is NC=CCOC(N)=O. The van der Waals surface area contributed by atoms with E-state index in [1.165, 1.54) is 12.3 Å². The lowest BCUT2D eigenvalue weighted by atomic mass is 10.7. The summed E-state index contributed by atoms with van der Waals surface area (Å²) in [6.07, 6.45) is 1.97. The van der Waals surface area contributed by atoms with E-state index in [1.54, 1.807) is 0 Å². The molecule has 0 aromatic carbocycles. The van der Waals surface area contributed by atoms with E-state index in [0.29, 0.717) is 0 Å². The minimum absolute atomic E-state index is 0.145. The van der Waals surface area contributed by atoms with E-state index in [4.69, 9.17) is 5.73 Å². The number of carbonyl (C=O) groups excluding carboxylic acids is 1. The van der Waals surface area contributed by atoms with Crippen LogP contribution < -0.4 is 11.5 Å². The van der Waals surface area contributed by atoms with Gasteiger partial charge >= 0.3 is 6.09 Å². The minimum atomic E-state index is -0.789. The van der Waals surface area contributed by atoms with Crippen LogP contribution in [0.2, 0.25) is 0 Å². The van der Waals surface area contributed by atoms with Crippen molar-refractivity contribution < 1.29 is 9.53 Å². The molecule has 8 heavy (non-hydrogen) atoms. The highest BCUT2D eigenvalue weighted by Gasteiger charge is 1.85.